The van der Waals surface area contributed by atoms with E-state index in [1.165, 1.54) is 0 Å². The fourth-order valence-electron chi connectivity index (χ4n) is 2.23. The van der Waals surface area contributed by atoms with E-state index in [9.17, 15) is 9.59 Å². The first-order valence-corrected chi connectivity index (χ1v) is 7.80. The van der Waals surface area contributed by atoms with Crippen LogP contribution in [0.4, 0.5) is 4.79 Å². The molecule has 0 aromatic carbocycles. The SMILES string of the molecule is CC(=CC1CCCN1C(=O)OC(C)(C)C)C(=O)OC(C)(C)C. The van der Waals surface area contributed by atoms with E-state index in [0.29, 0.717) is 12.1 Å². The molecule has 1 aliphatic rings. The lowest BCUT2D eigenvalue weighted by molar-refractivity contribution is -0.149. The average Bonchev–Trinajstić information content (AvgIpc) is 2.72. The molecule has 5 heteroatoms. The van der Waals surface area contributed by atoms with Crippen LogP contribution in [0.2, 0.25) is 0 Å². The fourth-order valence-corrected chi connectivity index (χ4v) is 2.23. The number of carbonyl (C=O) groups excluding carboxylic acids is 2. The van der Waals surface area contributed by atoms with Gasteiger partial charge in [-0.2, -0.15) is 0 Å². The van der Waals surface area contributed by atoms with Crippen LogP contribution in [0.1, 0.15) is 61.3 Å². The van der Waals surface area contributed by atoms with Crippen molar-refractivity contribution in [3.8, 4) is 0 Å². The first kappa shape index (κ1) is 18.5. The second-order valence-corrected chi connectivity index (χ2v) is 7.73. The van der Waals surface area contributed by atoms with Crippen molar-refractivity contribution in [2.75, 3.05) is 6.54 Å². The van der Waals surface area contributed by atoms with E-state index >= 15 is 0 Å². The van der Waals surface area contributed by atoms with Crippen LogP contribution < -0.4 is 0 Å². The van der Waals surface area contributed by atoms with E-state index in [2.05, 4.69) is 0 Å². The number of hydrogen-bond acceptors (Lipinski definition) is 4. The van der Waals surface area contributed by atoms with Gasteiger partial charge < -0.3 is 14.4 Å². The molecule has 0 N–H and O–H groups in total. The maximum absolute atomic E-state index is 12.2. The highest BCUT2D eigenvalue weighted by Crippen LogP contribution is 2.23. The molecular formula is C17H29NO4. The number of likely N-dealkylation sites (tertiary alicyclic amines) is 1. The number of esters is 1. The lowest BCUT2D eigenvalue weighted by atomic mass is 10.1. The molecule has 1 atom stereocenters. The summed E-state index contributed by atoms with van der Waals surface area (Å²) in [5.74, 6) is -0.344. The van der Waals surface area contributed by atoms with Crippen LogP contribution in [0, 0.1) is 0 Å². The monoisotopic (exact) mass is 311 g/mol. The van der Waals surface area contributed by atoms with Crippen molar-refractivity contribution in [3.63, 3.8) is 0 Å². The zero-order valence-corrected chi connectivity index (χ0v) is 14.9. The fraction of sp³-hybridized carbons (Fsp3) is 0.765. The van der Waals surface area contributed by atoms with Gasteiger partial charge in [0.05, 0.1) is 6.04 Å². The molecular weight excluding hydrogens is 282 g/mol. The number of rotatable bonds is 2. The zero-order valence-electron chi connectivity index (χ0n) is 14.9. The summed E-state index contributed by atoms with van der Waals surface area (Å²) in [4.78, 5) is 25.9. The van der Waals surface area contributed by atoms with Gasteiger partial charge in [0.15, 0.2) is 0 Å². The van der Waals surface area contributed by atoms with Gasteiger partial charge in [-0.1, -0.05) is 6.08 Å². The summed E-state index contributed by atoms with van der Waals surface area (Å²) in [6.45, 7) is 13.4. The molecule has 1 unspecified atom stereocenters. The zero-order chi connectivity index (χ0) is 17.1. The quantitative estimate of drug-likeness (QED) is 0.576. The smallest absolute Gasteiger partial charge is 0.410 e. The molecule has 0 bridgehead atoms. The number of amides is 1. The second kappa shape index (κ2) is 6.71. The maximum Gasteiger partial charge on any atom is 0.410 e. The van der Waals surface area contributed by atoms with E-state index in [1.807, 2.05) is 47.6 Å². The van der Waals surface area contributed by atoms with Crippen molar-refractivity contribution >= 4 is 12.1 Å². The van der Waals surface area contributed by atoms with Gasteiger partial charge in [0, 0.05) is 12.1 Å². The van der Waals surface area contributed by atoms with E-state index in [0.717, 1.165) is 12.8 Å². The Balaban J connectivity index is 2.76. The summed E-state index contributed by atoms with van der Waals surface area (Å²) in [5, 5.41) is 0. The molecule has 0 saturated carbocycles. The summed E-state index contributed by atoms with van der Waals surface area (Å²) in [6, 6.07) is -0.109. The standard InChI is InChI=1S/C17H29NO4/c1-12(14(19)21-16(2,3)4)11-13-9-8-10-18(13)15(20)22-17(5,6)7/h11,13H,8-10H2,1-7H3. The molecule has 126 valence electrons. The van der Waals surface area contributed by atoms with Gasteiger partial charge in [-0.25, -0.2) is 9.59 Å². The molecule has 0 aromatic heterocycles. The van der Waals surface area contributed by atoms with Gasteiger partial charge >= 0.3 is 12.1 Å². The van der Waals surface area contributed by atoms with Crippen LogP contribution in [0.25, 0.3) is 0 Å². The molecule has 5 nitrogen and oxygen atoms in total. The highest BCUT2D eigenvalue weighted by atomic mass is 16.6. The van der Waals surface area contributed by atoms with Gasteiger partial charge in [0.25, 0.3) is 0 Å². The average molecular weight is 311 g/mol. The Morgan fingerprint density at radius 2 is 1.59 bits per heavy atom. The van der Waals surface area contributed by atoms with Crippen molar-refractivity contribution in [2.24, 2.45) is 0 Å². The van der Waals surface area contributed by atoms with E-state index < -0.39 is 11.2 Å². The third-order valence-corrected chi connectivity index (χ3v) is 3.09. The topological polar surface area (TPSA) is 55.8 Å². The minimum absolute atomic E-state index is 0.109. The van der Waals surface area contributed by atoms with Crippen molar-refractivity contribution in [1.29, 1.82) is 0 Å². The molecule has 0 spiro atoms. The van der Waals surface area contributed by atoms with Gasteiger partial charge in [-0.3, -0.25) is 0 Å². The Bertz CT molecular complexity index is 454. The Kier molecular flexibility index (Phi) is 5.65. The van der Waals surface area contributed by atoms with E-state index in [1.54, 1.807) is 11.8 Å². The number of ether oxygens (including phenoxy) is 2. The van der Waals surface area contributed by atoms with Crippen LogP contribution >= 0.6 is 0 Å². The Hall–Kier alpha value is -1.52. The second-order valence-electron chi connectivity index (χ2n) is 7.73. The van der Waals surface area contributed by atoms with Gasteiger partial charge in [-0.05, 0) is 61.3 Å². The van der Waals surface area contributed by atoms with E-state index in [-0.39, 0.29) is 18.1 Å². The molecule has 0 aromatic rings. The molecule has 1 fully saturated rings. The predicted octanol–water partition coefficient (Wildman–Crippen LogP) is 3.67. The molecule has 1 aliphatic heterocycles. The van der Waals surface area contributed by atoms with Crippen LogP contribution in [-0.4, -0.2) is 40.8 Å². The first-order chi connectivity index (χ1) is 9.89. The number of hydrogen-bond donors (Lipinski definition) is 0. The molecule has 1 amide bonds. The normalized spacial score (nSPS) is 20.0. The number of nitrogens with zero attached hydrogens (tertiary/aromatic N) is 1. The molecule has 0 radical (unpaired) electrons. The van der Waals surface area contributed by atoms with Crippen molar-refractivity contribution in [2.45, 2.75) is 78.6 Å². The summed E-state index contributed by atoms with van der Waals surface area (Å²) in [7, 11) is 0. The highest BCUT2D eigenvalue weighted by Gasteiger charge is 2.31. The Morgan fingerprint density at radius 3 is 2.09 bits per heavy atom. The lowest BCUT2D eigenvalue weighted by Gasteiger charge is -2.27. The van der Waals surface area contributed by atoms with Crippen molar-refractivity contribution < 1.29 is 19.1 Å². The van der Waals surface area contributed by atoms with Gasteiger partial charge in [0.1, 0.15) is 11.2 Å². The molecule has 1 heterocycles. The van der Waals surface area contributed by atoms with Crippen LogP contribution in [0.15, 0.2) is 11.6 Å². The summed E-state index contributed by atoms with van der Waals surface area (Å²) in [5.41, 5.74) is -0.517. The van der Waals surface area contributed by atoms with Crippen LogP contribution in [0.5, 0.6) is 0 Å². The Morgan fingerprint density at radius 1 is 1.05 bits per heavy atom. The van der Waals surface area contributed by atoms with Gasteiger partial charge in [0.2, 0.25) is 0 Å². The molecule has 22 heavy (non-hydrogen) atoms. The highest BCUT2D eigenvalue weighted by molar-refractivity contribution is 5.88. The summed E-state index contributed by atoms with van der Waals surface area (Å²) >= 11 is 0. The molecule has 0 aliphatic carbocycles. The first-order valence-electron chi connectivity index (χ1n) is 7.80. The van der Waals surface area contributed by atoms with Gasteiger partial charge in [-0.15, -0.1) is 0 Å². The van der Waals surface area contributed by atoms with Crippen molar-refractivity contribution in [1.82, 2.24) is 4.90 Å². The largest absolute Gasteiger partial charge is 0.457 e. The lowest BCUT2D eigenvalue weighted by Crippen LogP contribution is -2.39. The minimum Gasteiger partial charge on any atom is -0.457 e. The van der Waals surface area contributed by atoms with E-state index in [4.69, 9.17) is 9.47 Å². The maximum atomic E-state index is 12.2. The molecule has 1 rings (SSSR count). The molecule has 1 saturated heterocycles. The minimum atomic E-state index is -0.521. The number of carbonyl (C=O) groups is 2. The Labute approximate surface area is 133 Å². The van der Waals surface area contributed by atoms with Crippen LogP contribution in [0.3, 0.4) is 0 Å². The third kappa shape index (κ3) is 6.08. The summed E-state index contributed by atoms with van der Waals surface area (Å²) < 4.78 is 10.8. The third-order valence-electron chi connectivity index (χ3n) is 3.09. The van der Waals surface area contributed by atoms with Crippen LogP contribution in [-0.2, 0) is 14.3 Å². The van der Waals surface area contributed by atoms with Crippen molar-refractivity contribution in [3.05, 3.63) is 11.6 Å². The summed E-state index contributed by atoms with van der Waals surface area (Å²) in [6.07, 6.45) is 3.22. The predicted molar refractivity (Wildman–Crippen MR) is 85.6 cm³/mol.